The summed E-state index contributed by atoms with van der Waals surface area (Å²) in [5, 5.41) is 0. The Bertz CT molecular complexity index is 799. The zero-order valence-corrected chi connectivity index (χ0v) is 10.9. The Morgan fingerprint density at radius 2 is 2.11 bits per heavy atom. The van der Waals surface area contributed by atoms with E-state index >= 15 is 0 Å². The van der Waals surface area contributed by atoms with E-state index in [2.05, 4.69) is 20.7 Å². The van der Waals surface area contributed by atoms with Crippen molar-refractivity contribution in [2.45, 2.75) is 0 Å². The maximum Gasteiger partial charge on any atom is 0.337 e. The van der Waals surface area contributed by atoms with E-state index in [0.29, 0.717) is 0 Å². The second-order valence-electron chi connectivity index (χ2n) is 3.31. The van der Waals surface area contributed by atoms with Gasteiger partial charge in [-0.2, -0.15) is 0 Å². The third-order valence-electron chi connectivity index (χ3n) is 2.11. The number of halogens is 1. The summed E-state index contributed by atoms with van der Waals surface area (Å²) >= 11 is 3.09. The van der Waals surface area contributed by atoms with Crippen LogP contribution in [-0.4, -0.2) is 50.9 Å². The largest absolute Gasteiger partial charge is 0.465 e. The molecule has 0 aliphatic carbocycles. The molecule has 0 saturated carbocycles. The summed E-state index contributed by atoms with van der Waals surface area (Å²) in [6, 6.07) is 3.45. The van der Waals surface area contributed by atoms with Crippen molar-refractivity contribution >= 4 is 27.6 Å². The quantitative estimate of drug-likeness (QED) is 0.779. The Morgan fingerprint density at radius 1 is 1.39 bits per heavy atom. The Morgan fingerprint density at radius 3 is 2.72 bits per heavy atom. The second-order valence-corrected chi connectivity index (χ2v) is 4.22. The summed E-state index contributed by atoms with van der Waals surface area (Å²) in [4.78, 5) is 11.6. The summed E-state index contributed by atoms with van der Waals surface area (Å²) in [5.74, 6) is -0.846. The van der Waals surface area contributed by atoms with Crippen LogP contribution in [0, 0.1) is 0 Å². The van der Waals surface area contributed by atoms with Crippen LogP contribution < -0.4 is 4.90 Å². The van der Waals surface area contributed by atoms with Gasteiger partial charge in [-0.3, -0.25) is 0 Å². The van der Waals surface area contributed by atoms with Crippen molar-refractivity contribution in [3.05, 3.63) is 28.2 Å². The van der Waals surface area contributed by atoms with E-state index in [0.717, 1.165) is 19.2 Å². The normalized spacial score (nSPS) is 37.7. The van der Waals surface area contributed by atoms with Gasteiger partial charge in [-0.25, -0.2) is 4.79 Å². The van der Waals surface area contributed by atoms with Crippen LogP contribution in [0.3, 0.4) is 0 Å². The highest BCUT2D eigenvalue weighted by Gasteiger charge is 2.16. The number of carbonyl (C=O) groups is 1. The molecule has 0 spiro atoms. The number of hydrogen-bond acceptors (Lipinski definition) is 4. The molecule has 0 atom stereocenters. The standard InChI is InChI=1S/C13H17BrN2O2/c1-15-3-5-16(6-4-15)12-8-10(13(17)18-2)7-11(14)9-12/h7-9H,3-6H2,1-2H3/i1D3,3D2,4D2,5D2,6D2. The van der Waals surface area contributed by atoms with Crippen LogP contribution in [0.2, 0.25) is 0 Å². The van der Waals surface area contributed by atoms with Crippen LogP contribution in [-0.2, 0) is 4.74 Å². The number of hydrogen-bond donors (Lipinski definition) is 0. The monoisotopic (exact) mass is 323 g/mol. The first-order chi connectivity index (χ1) is 12.8. The summed E-state index contributed by atoms with van der Waals surface area (Å²) in [6.45, 7) is -17.2. The molecule has 2 rings (SSSR count). The molecule has 0 N–H and O–H groups in total. The van der Waals surface area contributed by atoms with Gasteiger partial charge >= 0.3 is 5.97 Å². The minimum absolute atomic E-state index is 0.136. The summed E-state index contributed by atoms with van der Waals surface area (Å²) in [7, 11) is 1.09. The third-order valence-corrected chi connectivity index (χ3v) is 2.57. The molecule has 1 saturated heterocycles. The first kappa shape index (κ1) is 5.13. The molecule has 0 radical (unpaired) electrons. The van der Waals surface area contributed by atoms with Gasteiger partial charge in [-0.15, -0.1) is 0 Å². The molecule has 1 heterocycles. The van der Waals surface area contributed by atoms with E-state index in [-0.39, 0.29) is 14.9 Å². The maximum absolute atomic E-state index is 11.9. The smallest absolute Gasteiger partial charge is 0.337 e. The Kier molecular flexibility index (Phi) is 1.63. The lowest BCUT2D eigenvalue weighted by Gasteiger charge is -2.34. The molecular weight excluding hydrogens is 296 g/mol. The van der Waals surface area contributed by atoms with Gasteiger partial charge in [0.2, 0.25) is 0 Å². The van der Waals surface area contributed by atoms with E-state index in [1.54, 1.807) is 0 Å². The molecule has 0 amide bonds. The molecule has 1 aliphatic rings. The van der Waals surface area contributed by atoms with Gasteiger partial charge < -0.3 is 14.5 Å². The number of piperazine rings is 1. The lowest BCUT2D eigenvalue weighted by atomic mass is 10.1. The molecule has 18 heavy (non-hydrogen) atoms. The molecule has 0 bridgehead atoms. The van der Waals surface area contributed by atoms with E-state index < -0.39 is 49.5 Å². The number of methoxy groups -OCH3 is 1. The summed E-state index contributed by atoms with van der Waals surface area (Å²) in [5.41, 5.74) is -0.532. The molecule has 98 valence electrons. The van der Waals surface area contributed by atoms with Crippen molar-refractivity contribution in [1.82, 2.24) is 4.90 Å². The fourth-order valence-electron chi connectivity index (χ4n) is 1.32. The molecule has 1 aliphatic heterocycles. The average molecular weight is 324 g/mol. The summed E-state index contributed by atoms with van der Waals surface area (Å²) < 4.78 is 92.5. The van der Waals surface area contributed by atoms with Gasteiger partial charge in [-0.05, 0) is 25.2 Å². The zero-order chi connectivity index (χ0) is 22.8. The lowest BCUT2D eigenvalue weighted by Crippen LogP contribution is -2.44. The Labute approximate surface area is 131 Å². The number of esters is 1. The minimum atomic E-state index is -3.50. The zero-order valence-electron chi connectivity index (χ0n) is 20.3. The van der Waals surface area contributed by atoms with E-state index in [1.165, 1.54) is 6.07 Å². The molecule has 1 aromatic carbocycles. The molecule has 1 fully saturated rings. The highest BCUT2D eigenvalue weighted by atomic mass is 79.9. The summed E-state index contributed by atoms with van der Waals surface area (Å²) in [6.07, 6.45) is 0. The Balaban J connectivity index is 2.83. The maximum atomic E-state index is 11.9. The van der Waals surface area contributed by atoms with Crippen molar-refractivity contribution < 1.29 is 24.6 Å². The number of rotatable bonds is 2. The predicted molar refractivity (Wildman–Crippen MR) is 75.2 cm³/mol. The van der Waals surface area contributed by atoms with Gasteiger partial charge in [0.15, 0.2) is 0 Å². The van der Waals surface area contributed by atoms with Crippen molar-refractivity contribution in [2.75, 3.05) is 45.0 Å². The number of anilines is 1. The molecule has 1 aromatic rings. The Hall–Kier alpha value is -1.07. The number of ether oxygens (including phenoxy) is 1. The molecule has 0 aromatic heterocycles. The van der Waals surface area contributed by atoms with Crippen molar-refractivity contribution in [1.29, 1.82) is 0 Å². The van der Waals surface area contributed by atoms with Gasteiger partial charge in [0.25, 0.3) is 0 Å². The topological polar surface area (TPSA) is 32.8 Å². The van der Waals surface area contributed by atoms with E-state index in [4.69, 9.17) is 15.1 Å². The number of carbonyl (C=O) groups excluding carboxylic acids is 1. The third kappa shape index (κ3) is 3.03. The van der Waals surface area contributed by atoms with Crippen LogP contribution >= 0.6 is 15.9 Å². The first-order valence-corrected chi connectivity index (χ1v) is 5.62. The SMILES string of the molecule is [2H]C([2H])([2H])N1C([2H])([2H])C([2H])([2H])N(c2cc(Br)cc(C(=O)OC)c2)C([2H])([2H])C1([2H])[2H]. The number of likely N-dealkylation sites (N-methyl/N-ethyl adjacent to an activating group) is 1. The minimum Gasteiger partial charge on any atom is -0.465 e. The van der Waals surface area contributed by atoms with E-state index in [1.807, 2.05) is 0 Å². The molecule has 5 heteroatoms. The van der Waals surface area contributed by atoms with Gasteiger partial charge in [0, 0.05) is 45.7 Å². The molecule has 4 nitrogen and oxygen atoms in total. The number of nitrogens with zero attached hydrogens (tertiary/aromatic N) is 2. The molecule has 0 unspecified atom stereocenters. The fraction of sp³-hybridized carbons (Fsp3) is 0.462. The van der Waals surface area contributed by atoms with Crippen LogP contribution in [0.5, 0.6) is 0 Å². The predicted octanol–water partition coefficient (Wildman–Crippen LogP) is 1.99. The second kappa shape index (κ2) is 5.71. The van der Waals surface area contributed by atoms with Crippen molar-refractivity contribution in [3.8, 4) is 0 Å². The van der Waals surface area contributed by atoms with Crippen LogP contribution in [0.15, 0.2) is 22.7 Å². The van der Waals surface area contributed by atoms with Gasteiger partial charge in [-0.1, -0.05) is 15.9 Å². The first-order valence-electron chi connectivity index (χ1n) is 10.3. The van der Waals surface area contributed by atoms with Crippen molar-refractivity contribution in [2.24, 2.45) is 0 Å². The van der Waals surface area contributed by atoms with E-state index in [9.17, 15) is 4.79 Å². The van der Waals surface area contributed by atoms with Gasteiger partial charge in [0.05, 0.1) is 18.2 Å². The average Bonchev–Trinajstić information content (AvgIpc) is 2.49. The lowest BCUT2D eigenvalue weighted by molar-refractivity contribution is 0.0600. The van der Waals surface area contributed by atoms with Crippen LogP contribution in [0.4, 0.5) is 5.69 Å². The van der Waals surface area contributed by atoms with Gasteiger partial charge in [0.1, 0.15) is 0 Å². The molecular formula is C13H17BrN2O2. The fourth-order valence-corrected chi connectivity index (χ4v) is 1.81. The number of benzene rings is 1. The highest BCUT2D eigenvalue weighted by molar-refractivity contribution is 9.10. The van der Waals surface area contributed by atoms with Crippen molar-refractivity contribution in [3.63, 3.8) is 0 Å². The van der Waals surface area contributed by atoms with Crippen LogP contribution in [0.25, 0.3) is 0 Å². The van der Waals surface area contributed by atoms with Crippen LogP contribution in [0.1, 0.15) is 25.4 Å². The highest BCUT2D eigenvalue weighted by Crippen LogP contribution is 2.24.